The van der Waals surface area contributed by atoms with Crippen molar-refractivity contribution in [2.45, 2.75) is 31.5 Å². The number of rotatable bonds is 3. The second-order valence-electron chi connectivity index (χ2n) is 6.62. The summed E-state index contributed by atoms with van der Waals surface area (Å²) >= 11 is 0. The van der Waals surface area contributed by atoms with E-state index in [-0.39, 0.29) is 5.92 Å². The van der Waals surface area contributed by atoms with Gasteiger partial charge in [0.1, 0.15) is 17.6 Å². The van der Waals surface area contributed by atoms with Gasteiger partial charge < -0.3 is 9.13 Å². The van der Waals surface area contributed by atoms with E-state index in [1.807, 2.05) is 19.3 Å². The van der Waals surface area contributed by atoms with Gasteiger partial charge in [0.05, 0.1) is 0 Å². The first-order valence-electron chi connectivity index (χ1n) is 8.16. The van der Waals surface area contributed by atoms with Crippen molar-refractivity contribution in [2.24, 2.45) is 14.1 Å². The molecule has 0 saturated carbocycles. The standard InChI is InChI=1S/C17H20F3N5/c1-23-8-12(6-14(23)7-21)9-25-5-3-4-13(10-25)16-22-15(11-24(16)2)17(18,19)20/h6,8,11,13H,3-5,9-10H2,1-2H3. The Morgan fingerprint density at radius 3 is 2.64 bits per heavy atom. The van der Waals surface area contributed by atoms with Crippen molar-refractivity contribution < 1.29 is 13.2 Å². The zero-order valence-electron chi connectivity index (χ0n) is 14.2. The summed E-state index contributed by atoms with van der Waals surface area (Å²) in [5.41, 5.74) is 0.807. The summed E-state index contributed by atoms with van der Waals surface area (Å²) in [7, 11) is 3.44. The highest BCUT2D eigenvalue weighted by atomic mass is 19.4. The average molecular weight is 351 g/mol. The maximum atomic E-state index is 12.9. The monoisotopic (exact) mass is 351 g/mol. The summed E-state index contributed by atoms with van der Waals surface area (Å²) < 4.78 is 41.9. The molecule has 0 amide bonds. The van der Waals surface area contributed by atoms with Crippen LogP contribution in [-0.2, 0) is 26.8 Å². The molecule has 0 aromatic carbocycles. The van der Waals surface area contributed by atoms with Crippen LogP contribution < -0.4 is 0 Å². The van der Waals surface area contributed by atoms with E-state index in [9.17, 15) is 13.2 Å². The molecule has 0 bridgehead atoms. The molecule has 1 saturated heterocycles. The van der Waals surface area contributed by atoms with Crippen LogP contribution in [0.5, 0.6) is 0 Å². The molecule has 0 spiro atoms. The van der Waals surface area contributed by atoms with Gasteiger partial charge in [-0.15, -0.1) is 0 Å². The third kappa shape index (κ3) is 3.71. The van der Waals surface area contributed by atoms with Crippen LogP contribution >= 0.6 is 0 Å². The Morgan fingerprint density at radius 1 is 1.28 bits per heavy atom. The Labute approximate surface area is 144 Å². The first-order valence-corrected chi connectivity index (χ1v) is 8.16. The molecular formula is C17H20F3N5. The van der Waals surface area contributed by atoms with Gasteiger partial charge in [0, 0.05) is 45.5 Å². The molecule has 134 valence electrons. The van der Waals surface area contributed by atoms with Crippen LogP contribution in [0.1, 0.15) is 41.5 Å². The molecule has 2 aromatic heterocycles. The lowest BCUT2D eigenvalue weighted by Crippen LogP contribution is -2.34. The quantitative estimate of drug-likeness (QED) is 0.854. The number of piperidine rings is 1. The minimum Gasteiger partial charge on any atom is -0.342 e. The summed E-state index contributed by atoms with van der Waals surface area (Å²) in [4.78, 5) is 6.06. The van der Waals surface area contributed by atoms with E-state index in [1.54, 1.807) is 11.6 Å². The van der Waals surface area contributed by atoms with Crippen molar-refractivity contribution >= 4 is 0 Å². The number of alkyl halides is 3. The summed E-state index contributed by atoms with van der Waals surface area (Å²) in [6.07, 6.45) is 0.311. The molecule has 3 rings (SSSR count). The van der Waals surface area contributed by atoms with Crippen LogP contribution in [0.25, 0.3) is 0 Å². The zero-order chi connectivity index (χ0) is 18.2. The van der Waals surface area contributed by atoms with Gasteiger partial charge in [0.2, 0.25) is 0 Å². The first-order chi connectivity index (χ1) is 11.8. The third-order valence-electron chi connectivity index (χ3n) is 4.66. The van der Waals surface area contributed by atoms with Gasteiger partial charge >= 0.3 is 6.18 Å². The molecule has 0 aliphatic carbocycles. The summed E-state index contributed by atoms with van der Waals surface area (Å²) in [5, 5.41) is 9.04. The average Bonchev–Trinajstić information content (AvgIpc) is 3.10. The predicted octanol–water partition coefficient (Wildman–Crippen LogP) is 3.03. The predicted molar refractivity (Wildman–Crippen MR) is 85.6 cm³/mol. The van der Waals surface area contributed by atoms with Crippen molar-refractivity contribution in [3.63, 3.8) is 0 Å². The number of aryl methyl sites for hydroxylation is 2. The maximum absolute atomic E-state index is 12.9. The van der Waals surface area contributed by atoms with Gasteiger partial charge in [-0.2, -0.15) is 18.4 Å². The van der Waals surface area contributed by atoms with Crippen LogP contribution in [0.3, 0.4) is 0 Å². The van der Waals surface area contributed by atoms with E-state index in [4.69, 9.17) is 5.26 Å². The Morgan fingerprint density at radius 2 is 2.04 bits per heavy atom. The van der Waals surface area contributed by atoms with E-state index in [0.29, 0.717) is 24.6 Å². The summed E-state index contributed by atoms with van der Waals surface area (Å²) in [5.74, 6) is 0.469. The van der Waals surface area contributed by atoms with Gasteiger partial charge in [0.25, 0.3) is 0 Å². The number of aromatic nitrogens is 3. The summed E-state index contributed by atoms with van der Waals surface area (Å²) in [6, 6.07) is 3.99. The highest BCUT2D eigenvalue weighted by Crippen LogP contribution is 2.32. The number of nitrogens with zero attached hydrogens (tertiary/aromatic N) is 5. The second-order valence-corrected chi connectivity index (χ2v) is 6.62. The number of hydrogen-bond acceptors (Lipinski definition) is 3. The SMILES string of the molecule is Cn1cc(CN2CCCC(c3nc(C(F)(F)F)cn3C)C2)cc1C#N. The van der Waals surface area contributed by atoms with Gasteiger partial charge in [0.15, 0.2) is 5.69 Å². The molecule has 5 nitrogen and oxygen atoms in total. The highest BCUT2D eigenvalue weighted by Gasteiger charge is 2.36. The van der Waals surface area contributed by atoms with Crippen molar-refractivity contribution in [3.05, 3.63) is 41.2 Å². The van der Waals surface area contributed by atoms with Gasteiger partial charge in [-0.25, -0.2) is 4.98 Å². The maximum Gasteiger partial charge on any atom is 0.434 e. The Balaban J connectivity index is 1.73. The number of nitriles is 1. The van der Waals surface area contributed by atoms with E-state index in [0.717, 1.165) is 31.1 Å². The topological polar surface area (TPSA) is 49.8 Å². The van der Waals surface area contributed by atoms with E-state index < -0.39 is 11.9 Å². The van der Waals surface area contributed by atoms with Crippen LogP contribution in [0.2, 0.25) is 0 Å². The zero-order valence-corrected chi connectivity index (χ0v) is 14.2. The minimum atomic E-state index is -4.41. The molecule has 1 atom stereocenters. The Hall–Kier alpha value is -2.27. The normalized spacial score (nSPS) is 19.1. The fourth-order valence-corrected chi connectivity index (χ4v) is 3.50. The van der Waals surface area contributed by atoms with Gasteiger partial charge in [-0.3, -0.25) is 4.90 Å². The Kier molecular flexibility index (Phi) is 4.60. The fourth-order valence-electron chi connectivity index (χ4n) is 3.50. The summed E-state index contributed by atoms with van der Waals surface area (Å²) in [6.45, 7) is 2.24. The lowest BCUT2D eigenvalue weighted by atomic mass is 9.97. The Bertz CT molecular complexity index is 796. The number of halogens is 3. The molecule has 3 heterocycles. The highest BCUT2D eigenvalue weighted by molar-refractivity contribution is 5.28. The minimum absolute atomic E-state index is 0.0194. The molecule has 0 radical (unpaired) electrons. The molecular weight excluding hydrogens is 331 g/mol. The van der Waals surface area contributed by atoms with E-state index in [2.05, 4.69) is 16.0 Å². The van der Waals surface area contributed by atoms with E-state index >= 15 is 0 Å². The smallest absolute Gasteiger partial charge is 0.342 e. The molecule has 1 aliphatic rings. The van der Waals surface area contributed by atoms with Crippen molar-refractivity contribution in [1.29, 1.82) is 5.26 Å². The van der Waals surface area contributed by atoms with Crippen molar-refractivity contribution in [3.8, 4) is 6.07 Å². The largest absolute Gasteiger partial charge is 0.434 e. The van der Waals surface area contributed by atoms with Gasteiger partial charge in [-0.05, 0) is 31.0 Å². The molecule has 1 unspecified atom stereocenters. The number of hydrogen-bond donors (Lipinski definition) is 0. The van der Waals surface area contributed by atoms with Crippen LogP contribution in [0, 0.1) is 11.3 Å². The number of likely N-dealkylation sites (tertiary alicyclic amines) is 1. The molecule has 1 aliphatic heterocycles. The lowest BCUT2D eigenvalue weighted by molar-refractivity contribution is -0.141. The second kappa shape index (κ2) is 6.56. The lowest BCUT2D eigenvalue weighted by Gasteiger charge is -2.32. The number of imidazole rings is 1. The van der Waals surface area contributed by atoms with Crippen LogP contribution in [0.15, 0.2) is 18.5 Å². The molecule has 0 N–H and O–H groups in total. The fraction of sp³-hybridized carbons (Fsp3) is 0.529. The third-order valence-corrected chi connectivity index (χ3v) is 4.66. The molecule has 8 heteroatoms. The van der Waals surface area contributed by atoms with Crippen LogP contribution in [-0.4, -0.2) is 32.1 Å². The molecule has 1 fully saturated rings. The molecule has 25 heavy (non-hydrogen) atoms. The van der Waals surface area contributed by atoms with Crippen molar-refractivity contribution in [2.75, 3.05) is 13.1 Å². The first kappa shape index (κ1) is 17.5. The van der Waals surface area contributed by atoms with E-state index in [1.165, 1.54) is 4.57 Å². The molecule has 2 aromatic rings. The van der Waals surface area contributed by atoms with Crippen molar-refractivity contribution in [1.82, 2.24) is 19.0 Å². The van der Waals surface area contributed by atoms with Gasteiger partial charge in [-0.1, -0.05) is 0 Å². The van der Waals surface area contributed by atoms with Crippen LogP contribution in [0.4, 0.5) is 13.2 Å².